The predicted octanol–water partition coefficient (Wildman–Crippen LogP) is 9.23. The zero-order chi connectivity index (χ0) is 48.9. The van der Waals surface area contributed by atoms with Crippen LogP contribution in [0.25, 0.3) is 20.4 Å². The van der Waals surface area contributed by atoms with Crippen molar-refractivity contribution in [3.8, 4) is 0 Å². The number of ether oxygens (including phenoxy) is 4. The Morgan fingerprint density at radius 2 is 1.06 bits per heavy atom. The highest BCUT2D eigenvalue weighted by Crippen LogP contribution is 2.28. The molecule has 5 N–H and O–H groups in total. The summed E-state index contributed by atoms with van der Waals surface area (Å²) in [7, 11) is 0. The van der Waals surface area contributed by atoms with Gasteiger partial charge in [-0.3, -0.25) is 14.8 Å². The van der Waals surface area contributed by atoms with Gasteiger partial charge in [-0.05, 0) is 78.6 Å². The molecule has 0 spiro atoms. The topological polar surface area (TPSA) is 235 Å². The highest BCUT2D eigenvalue weighted by atomic mass is 35.5. The van der Waals surface area contributed by atoms with Crippen molar-refractivity contribution in [2.75, 3.05) is 19.8 Å². The SMILES string of the molecule is CC(C)COC(=O)[C@@H](CN)NC(=O)OCc1ccccc1.Cc1ccnc2cc(C(=O)CC[C@@H](NC(=O)OCc3ccccc3)C(=O)OCC(C)C)sc12.Cc1ccnc2cc(C(=O)O)sc12.Cl. The number of hydrogen-bond acceptors (Lipinski definition) is 15. The third kappa shape index (κ3) is 18.7. The monoisotopic (exact) mass is 991 g/mol. The number of amides is 2. The van der Waals surface area contributed by atoms with E-state index in [-0.39, 0.29) is 75.8 Å². The summed E-state index contributed by atoms with van der Waals surface area (Å²) in [5, 5.41) is 13.7. The zero-order valence-electron chi connectivity index (χ0n) is 38.7. The summed E-state index contributed by atoms with van der Waals surface area (Å²) in [5.41, 5.74) is 10.8. The van der Waals surface area contributed by atoms with Gasteiger partial charge in [0.15, 0.2) is 5.78 Å². The Morgan fingerprint density at radius 3 is 1.49 bits per heavy atom. The van der Waals surface area contributed by atoms with E-state index < -0.39 is 42.2 Å². The average Bonchev–Trinajstić information content (AvgIpc) is 3.98. The van der Waals surface area contributed by atoms with Crippen molar-refractivity contribution in [3.63, 3.8) is 0 Å². The largest absolute Gasteiger partial charge is 0.477 e. The number of benzene rings is 2. The number of aromatic nitrogens is 2. The van der Waals surface area contributed by atoms with Crippen molar-refractivity contribution >= 4 is 91.4 Å². The van der Waals surface area contributed by atoms with Crippen LogP contribution in [-0.4, -0.2) is 82.8 Å². The van der Waals surface area contributed by atoms with Crippen LogP contribution in [0.4, 0.5) is 9.59 Å². The molecule has 6 rings (SSSR count). The minimum Gasteiger partial charge on any atom is -0.477 e. The number of aryl methyl sites for hydroxylation is 2. The van der Waals surface area contributed by atoms with Crippen LogP contribution in [0.5, 0.6) is 0 Å². The van der Waals surface area contributed by atoms with E-state index in [1.54, 1.807) is 24.5 Å². The van der Waals surface area contributed by atoms with E-state index in [9.17, 15) is 28.8 Å². The lowest BCUT2D eigenvalue weighted by atomic mass is 10.1. The molecule has 6 aromatic rings. The number of fused-ring (bicyclic) bond motifs is 2. The summed E-state index contributed by atoms with van der Waals surface area (Å²) >= 11 is 2.66. The van der Waals surface area contributed by atoms with E-state index in [1.165, 1.54) is 22.7 Å². The number of thiophene rings is 2. The number of nitrogens with zero attached hydrogens (tertiary/aromatic N) is 2. The quantitative estimate of drug-likeness (QED) is 0.0357. The standard InChI is InChI=1S/C25H28N2O5S.C15H22N2O4.C9H7NO2S.ClH/c1-16(2)14-31-24(29)19(27-25(30)32-15-18-7-5-4-6-8-18)9-10-21(28)22-13-20-23(33-22)17(3)11-12-26-20;1-11(2)9-20-14(18)13(8-16)17-15(19)21-10-12-6-4-3-5-7-12;1-5-2-3-10-6-4-7(9(11)12)13-8(5)6;/h4-8,11-13,16,19H,9-10,14-15H2,1-3H3,(H,27,30);3-7,11,13H,8-10,16H2,1-2H3,(H,17,19);2-4H,1H3,(H,11,12);1H/t19-;13-;;/m11../s1. The summed E-state index contributed by atoms with van der Waals surface area (Å²) in [6.07, 6.45) is 2.15. The van der Waals surface area contributed by atoms with Crippen LogP contribution in [0.2, 0.25) is 0 Å². The second kappa shape index (κ2) is 28.6. The Labute approximate surface area is 409 Å². The molecule has 0 aliphatic carbocycles. The van der Waals surface area contributed by atoms with Gasteiger partial charge in [-0.15, -0.1) is 35.1 Å². The van der Waals surface area contributed by atoms with Gasteiger partial charge >= 0.3 is 30.1 Å². The molecule has 0 saturated carbocycles. The van der Waals surface area contributed by atoms with Crippen LogP contribution in [0.15, 0.2) is 97.3 Å². The number of alkyl carbamates (subject to hydrolysis) is 2. The number of aromatic carboxylic acids is 1. The van der Waals surface area contributed by atoms with Crippen LogP contribution in [0, 0.1) is 25.7 Å². The summed E-state index contributed by atoms with van der Waals surface area (Å²) in [5.74, 6) is -1.77. The normalized spacial score (nSPS) is 11.4. The Kier molecular flexibility index (Phi) is 23.5. The number of halogens is 1. The third-order valence-electron chi connectivity index (χ3n) is 9.30. The van der Waals surface area contributed by atoms with Gasteiger partial charge in [-0.1, -0.05) is 88.4 Å². The molecular weight excluding hydrogens is 934 g/mol. The number of Topliss-reactive ketones (excluding diaryl/α,β-unsaturated/α-hetero) is 1. The second-order valence-corrected chi connectivity index (χ2v) is 18.1. The summed E-state index contributed by atoms with van der Waals surface area (Å²) in [4.78, 5) is 81.0. The van der Waals surface area contributed by atoms with Gasteiger partial charge in [-0.25, -0.2) is 24.0 Å². The molecule has 0 saturated heterocycles. The van der Waals surface area contributed by atoms with Crippen molar-refractivity contribution in [3.05, 3.63) is 129 Å². The van der Waals surface area contributed by atoms with Crippen molar-refractivity contribution in [2.24, 2.45) is 17.6 Å². The molecule has 0 aliphatic heterocycles. The lowest BCUT2D eigenvalue weighted by Gasteiger charge is -2.18. The van der Waals surface area contributed by atoms with Gasteiger partial charge in [0.05, 0.1) is 38.5 Å². The number of carboxylic acids is 1. The molecule has 4 aromatic heterocycles. The molecule has 68 heavy (non-hydrogen) atoms. The number of esters is 2. The number of hydrogen-bond donors (Lipinski definition) is 4. The highest BCUT2D eigenvalue weighted by Gasteiger charge is 2.26. The Hall–Kier alpha value is -6.47. The van der Waals surface area contributed by atoms with Gasteiger partial charge in [0.1, 0.15) is 30.2 Å². The molecule has 0 aliphatic rings. The molecule has 2 aromatic carbocycles. The predicted molar refractivity (Wildman–Crippen MR) is 264 cm³/mol. The maximum Gasteiger partial charge on any atom is 0.408 e. The fraction of sp³-hybridized carbons (Fsp3) is 0.347. The first-order valence-corrected chi connectivity index (χ1v) is 23.1. The molecule has 364 valence electrons. The minimum absolute atomic E-state index is 0. The molecule has 2 amide bonds. The summed E-state index contributed by atoms with van der Waals surface area (Å²) < 4.78 is 22.5. The van der Waals surface area contributed by atoms with Crippen LogP contribution >= 0.6 is 35.1 Å². The number of ketones is 1. The number of rotatable bonds is 18. The number of carbonyl (C=O) groups excluding carboxylic acids is 5. The van der Waals surface area contributed by atoms with Crippen LogP contribution < -0.4 is 16.4 Å². The molecule has 0 fully saturated rings. The number of carboxylic acid groups (broad SMARTS) is 1. The minimum atomic E-state index is -0.981. The van der Waals surface area contributed by atoms with Crippen LogP contribution in [0.3, 0.4) is 0 Å². The van der Waals surface area contributed by atoms with Gasteiger partial charge < -0.3 is 40.4 Å². The van der Waals surface area contributed by atoms with Gasteiger partial charge in [0.2, 0.25) is 0 Å². The maximum atomic E-state index is 12.8. The maximum absolute atomic E-state index is 12.8. The molecule has 2 atom stereocenters. The van der Waals surface area contributed by atoms with Crippen molar-refractivity contribution in [1.29, 1.82) is 0 Å². The van der Waals surface area contributed by atoms with Gasteiger partial charge in [-0.2, -0.15) is 0 Å². The Bertz CT molecular complexity index is 2570. The first kappa shape index (κ1) is 55.9. The number of nitrogens with one attached hydrogen (secondary N) is 2. The zero-order valence-corrected chi connectivity index (χ0v) is 41.2. The molecule has 0 radical (unpaired) electrons. The lowest BCUT2D eigenvalue weighted by molar-refractivity contribution is -0.147. The first-order valence-electron chi connectivity index (χ1n) is 21.5. The van der Waals surface area contributed by atoms with E-state index in [0.29, 0.717) is 9.75 Å². The van der Waals surface area contributed by atoms with Gasteiger partial charge in [0.25, 0.3) is 0 Å². The average molecular weight is 993 g/mol. The fourth-order valence-corrected chi connectivity index (χ4v) is 7.72. The smallest absolute Gasteiger partial charge is 0.408 e. The van der Waals surface area contributed by atoms with Crippen molar-refractivity contribution in [1.82, 2.24) is 20.6 Å². The highest BCUT2D eigenvalue weighted by molar-refractivity contribution is 7.21. The number of nitrogens with two attached hydrogens (primary N) is 1. The fourth-order valence-electron chi connectivity index (χ4n) is 5.75. The molecule has 0 unspecified atom stereocenters. The van der Waals surface area contributed by atoms with E-state index >= 15 is 0 Å². The van der Waals surface area contributed by atoms with E-state index in [2.05, 4.69) is 20.6 Å². The Balaban J connectivity index is 0.000000298. The molecule has 0 bridgehead atoms. The third-order valence-corrected chi connectivity index (χ3v) is 11.8. The van der Waals surface area contributed by atoms with E-state index in [4.69, 9.17) is 29.8 Å². The molecule has 4 heterocycles. The van der Waals surface area contributed by atoms with Gasteiger partial charge in [0, 0.05) is 25.4 Å². The van der Waals surface area contributed by atoms with Crippen molar-refractivity contribution < 1.29 is 52.8 Å². The Morgan fingerprint density at radius 1 is 0.632 bits per heavy atom. The molecule has 16 nitrogen and oxygen atoms in total. The molecule has 19 heteroatoms. The van der Waals surface area contributed by atoms with Crippen molar-refractivity contribution in [2.45, 2.75) is 79.7 Å². The first-order chi connectivity index (χ1) is 32.0. The molecular formula is C49H58ClN5O11S2. The van der Waals surface area contributed by atoms with Crippen LogP contribution in [-0.2, 0) is 41.8 Å². The second-order valence-electron chi connectivity index (χ2n) is 16.0. The summed E-state index contributed by atoms with van der Waals surface area (Å²) in [6.45, 7) is 12.3. The van der Waals surface area contributed by atoms with Crippen LogP contribution in [0.1, 0.15) is 82.1 Å². The van der Waals surface area contributed by atoms with E-state index in [0.717, 1.165) is 42.7 Å². The summed E-state index contributed by atoms with van der Waals surface area (Å²) in [6, 6.07) is 23.8. The lowest BCUT2D eigenvalue weighted by Crippen LogP contribution is -2.47. The number of carbonyl (C=O) groups is 6. The number of pyridine rings is 2. The van der Waals surface area contributed by atoms with E-state index in [1.807, 2.05) is 114 Å².